The third kappa shape index (κ3) is 4.98. The van der Waals surface area contributed by atoms with Crippen LogP contribution < -0.4 is 5.32 Å². The molecule has 0 heterocycles. The van der Waals surface area contributed by atoms with Crippen LogP contribution in [-0.4, -0.2) is 5.91 Å². The van der Waals surface area contributed by atoms with Crippen molar-refractivity contribution >= 4 is 27.5 Å². The number of hydrogen-bond acceptors (Lipinski definition) is 1. The highest BCUT2D eigenvalue weighted by Gasteiger charge is 2.02. The summed E-state index contributed by atoms with van der Waals surface area (Å²) in [5.41, 5.74) is 2.04. The van der Waals surface area contributed by atoms with Crippen molar-refractivity contribution in [1.82, 2.24) is 0 Å². The van der Waals surface area contributed by atoms with Gasteiger partial charge in [-0.1, -0.05) is 36.7 Å². The first kappa shape index (κ1) is 14.2. The molecular weight excluding hydrogens is 254 g/mol. The van der Waals surface area contributed by atoms with Crippen LogP contribution in [0.1, 0.15) is 33.3 Å². The Balaban J connectivity index is 0.000000921. The largest absolute Gasteiger partial charge is 0.326 e. The summed E-state index contributed by atoms with van der Waals surface area (Å²) in [6.07, 6.45) is 0.912. The van der Waals surface area contributed by atoms with E-state index in [0.717, 1.165) is 22.1 Å². The van der Waals surface area contributed by atoms with Crippen molar-refractivity contribution in [1.29, 1.82) is 0 Å². The summed E-state index contributed by atoms with van der Waals surface area (Å²) >= 11 is 3.39. The number of nitrogens with one attached hydrogen (secondary N) is 1. The minimum absolute atomic E-state index is 0.0305. The van der Waals surface area contributed by atoms with Gasteiger partial charge in [-0.15, -0.1) is 0 Å². The zero-order chi connectivity index (χ0) is 11.8. The molecule has 1 aromatic rings. The fourth-order valence-corrected chi connectivity index (χ4v) is 1.57. The summed E-state index contributed by atoms with van der Waals surface area (Å²) in [4.78, 5) is 10.8. The smallest absolute Gasteiger partial charge is 0.221 e. The van der Waals surface area contributed by atoms with Gasteiger partial charge in [-0.3, -0.25) is 4.79 Å². The van der Waals surface area contributed by atoms with E-state index in [1.807, 2.05) is 32.0 Å². The number of carbonyl (C=O) groups excluding carboxylic acids is 1. The number of hydrogen-bond donors (Lipinski definition) is 1. The van der Waals surface area contributed by atoms with E-state index in [4.69, 9.17) is 0 Å². The van der Waals surface area contributed by atoms with Crippen molar-refractivity contribution < 1.29 is 4.79 Å². The second-order valence-corrected chi connectivity index (χ2v) is 3.75. The Kier molecular flexibility index (Phi) is 7.05. The van der Waals surface area contributed by atoms with Gasteiger partial charge in [0.25, 0.3) is 0 Å². The lowest BCUT2D eigenvalue weighted by Gasteiger charge is -2.08. The SMILES string of the molecule is CC.CCc1cc(Br)ccc1NC(C)=O. The molecule has 0 bridgehead atoms. The molecule has 0 atom stereocenters. The molecule has 0 aliphatic heterocycles. The quantitative estimate of drug-likeness (QED) is 0.866. The lowest BCUT2D eigenvalue weighted by Crippen LogP contribution is -2.07. The number of benzene rings is 1. The van der Waals surface area contributed by atoms with Crippen LogP contribution in [-0.2, 0) is 11.2 Å². The highest BCUT2D eigenvalue weighted by molar-refractivity contribution is 9.10. The number of rotatable bonds is 2. The molecule has 84 valence electrons. The van der Waals surface area contributed by atoms with Crippen molar-refractivity contribution in [2.75, 3.05) is 5.32 Å². The average molecular weight is 272 g/mol. The second-order valence-electron chi connectivity index (χ2n) is 2.84. The fraction of sp³-hybridized carbons (Fsp3) is 0.417. The maximum absolute atomic E-state index is 10.8. The molecule has 0 aliphatic carbocycles. The third-order valence-corrected chi connectivity index (χ3v) is 2.25. The molecule has 2 nitrogen and oxygen atoms in total. The minimum Gasteiger partial charge on any atom is -0.326 e. The highest BCUT2D eigenvalue weighted by atomic mass is 79.9. The Morgan fingerprint density at radius 2 is 2.00 bits per heavy atom. The first-order chi connectivity index (χ1) is 7.13. The number of aryl methyl sites for hydroxylation is 1. The summed E-state index contributed by atoms with van der Waals surface area (Å²) < 4.78 is 1.04. The van der Waals surface area contributed by atoms with Crippen LogP contribution in [0.2, 0.25) is 0 Å². The Hall–Kier alpha value is -0.830. The molecule has 0 aliphatic rings. The van der Waals surface area contributed by atoms with Gasteiger partial charge < -0.3 is 5.32 Å². The van der Waals surface area contributed by atoms with Crippen molar-refractivity contribution in [3.63, 3.8) is 0 Å². The first-order valence-electron chi connectivity index (χ1n) is 5.19. The zero-order valence-electron chi connectivity index (χ0n) is 9.73. The lowest BCUT2D eigenvalue weighted by molar-refractivity contribution is -0.114. The number of anilines is 1. The van der Waals surface area contributed by atoms with Gasteiger partial charge in [0.05, 0.1) is 0 Å². The highest BCUT2D eigenvalue weighted by Crippen LogP contribution is 2.21. The summed E-state index contributed by atoms with van der Waals surface area (Å²) in [6.45, 7) is 7.58. The number of amides is 1. The molecule has 0 aromatic heterocycles. The first-order valence-corrected chi connectivity index (χ1v) is 5.98. The van der Waals surface area contributed by atoms with E-state index in [0.29, 0.717) is 0 Å². The predicted molar refractivity (Wildman–Crippen MR) is 69.2 cm³/mol. The molecule has 1 N–H and O–H groups in total. The molecule has 1 amide bonds. The molecule has 3 heteroatoms. The standard InChI is InChI=1S/C10H12BrNO.C2H6/c1-3-8-6-9(11)4-5-10(8)12-7(2)13;1-2/h4-6H,3H2,1-2H3,(H,12,13);1-2H3. The van der Waals surface area contributed by atoms with E-state index >= 15 is 0 Å². The Bertz CT molecular complexity index is 323. The van der Waals surface area contributed by atoms with Crippen LogP contribution in [0.15, 0.2) is 22.7 Å². The van der Waals surface area contributed by atoms with Crippen molar-refractivity contribution in [2.45, 2.75) is 34.1 Å². The Labute approximate surface area is 100 Å². The lowest BCUT2D eigenvalue weighted by atomic mass is 10.1. The van der Waals surface area contributed by atoms with Crippen molar-refractivity contribution in [3.8, 4) is 0 Å². The van der Waals surface area contributed by atoms with Gasteiger partial charge in [0.15, 0.2) is 0 Å². The van der Waals surface area contributed by atoms with E-state index in [1.165, 1.54) is 6.92 Å². The topological polar surface area (TPSA) is 29.1 Å². The molecule has 1 rings (SSSR count). The van der Waals surface area contributed by atoms with Crippen LogP contribution >= 0.6 is 15.9 Å². The average Bonchev–Trinajstić information content (AvgIpc) is 2.23. The maximum Gasteiger partial charge on any atom is 0.221 e. The maximum atomic E-state index is 10.8. The Morgan fingerprint density at radius 1 is 1.40 bits per heavy atom. The van der Waals surface area contributed by atoms with E-state index in [2.05, 4.69) is 28.2 Å². The molecule has 0 radical (unpaired) electrons. The predicted octanol–water partition coefficient (Wildman–Crippen LogP) is 4.00. The second kappa shape index (κ2) is 7.46. The van der Waals surface area contributed by atoms with Crippen LogP contribution in [0.5, 0.6) is 0 Å². The fourth-order valence-electron chi connectivity index (χ4n) is 1.17. The van der Waals surface area contributed by atoms with Gasteiger partial charge in [0.1, 0.15) is 0 Å². The van der Waals surface area contributed by atoms with E-state index in [-0.39, 0.29) is 5.91 Å². The number of halogens is 1. The van der Waals surface area contributed by atoms with E-state index < -0.39 is 0 Å². The minimum atomic E-state index is -0.0305. The van der Waals surface area contributed by atoms with Gasteiger partial charge in [-0.05, 0) is 30.2 Å². The third-order valence-electron chi connectivity index (χ3n) is 1.76. The van der Waals surface area contributed by atoms with Gasteiger partial charge in [-0.25, -0.2) is 0 Å². The normalized spacial score (nSPS) is 8.87. The molecule has 0 spiro atoms. The van der Waals surface area contributed by atoms with Gasteiger partial charge >= 0.3 is 0 Å². The summed E-state index contributed by atoms with van der Waals surface area (Å²) in [5, 5.41) is 2.79. The molecule has 15 heavy (non-hydrogen) atoms. The molecule has 0 unspecified atom stereocenters. The van der Waals surface area contributed by atoms with Crippen LogP contribution in [0.25, 0.3) is 0 Å². The summed E-state index contributed by atoms with van der Waals surface area (Å²) in [6, 6.07) is 5.85. The monoisotopic (exact) mass is 271 g/mol. The van der Waals surface area contributed by atoms with E-state index in [1.54, 1.807) is 0 Å². The van der Waals surface area contributed by atoms with Gasteiger partial charge in [0.2, 0.25) is 5.91 Å². The van der Waals surface area contributed by atoms with E-state index in [9.17, 15) is 4.79 Å². The molecule has 1 aromatic carbocycles. The molecule has 0 saturated heterocycles. The van der Waals surface area contributed by atoms with Crippen LogP contribution in [0, 0.1) is 0 Å². The van der Waals surface area contributed by atoms with Crippen LogP contribution in [0.3, 0.4) is 0 Å². The molecule has 0 fully saturated rings. The summed E-state index contributed by atoms with van der Waals surface area (Å²) in [5.74, 6) is -0.0305. The Morgan fingerprint density at radius 3 is 2.47 bits per heavy atom. The van der Waals surface area contributed by atoms with Gasteiger partial charge in [0, 0.05) is 17.1 Å². The molecular formula is C12H18BrNO. The summed E-state index contributed by atoms with van der Waals surface area (Å²) in [7, 11) is 0. The van der Waals surface area contributed by atoms with Gasteiger partial charge in [-0.2, -0.15) is 0 Å². The van der Waals surface area contributed by atoms with Crippen molar-refractivity contribution in [3.05, 3.63) is 28.2 Å². The zero-order valence-corrected chi connectivity index (χ0v) is 11.3. The van der Waals surface area contributed by atoms with Crippen LogP contribution in [0.4, 0.5) is 5.69 Å². The molecule has 0 saturated carbocycles. The van der Waals surface area contributed by atoms with Crippen molar-refractivity contribution in [2.24, 2.45) is 0 Å². The number of carbonyl (C=O) groups is 1.